The Morgan fingerprint density at radius 1 is 1.09 bits per heavy atom. The molecule has 0 aliphatic rings. The molecule has 4 aromatic rings. The lowest BCUT2D eigenvalue weighted by molar-refractivity contribution is -0.137. The fourth-order valence-corrected chi connectivity index (χ4v) is 4.30. The number of rotatable bonds is 9. The Hall–Kier alpha value is -5.06. The molecule has 8 nitrogen and oxygen atoms in total. The molecule has 0 bridgehead atoms. The van der Waals surface area contributed by atoms with Gasteiger partial charge < -0.3 is 25.6 Å². The van der Waals surface area contributed by atoms with Gasteiger partial charge >= 0.3 is 11.9 Å². The van der Waals surface area contributed by atoms with Crippen molar-refractivity contribution in [3.05, 3.63) is 105 Å². The van der Waals surface area contributed by atoms with Crippen molar-refractivity contribution in [1.82, 2.24) is 0 Å². The van der Waals surface area contributed by atoms with E-state index in [1.54, 1.807) is 44.3 Å². The lowest BCUT2D eigenvalue weighted by Crippen LogP contribution is -2.12. The van der Waals surface area contributed by atoms with Gasteiger partial charge in [-0.25, -0.2) is 4.79 Å². The van der Waals surface area contributed by atoms with E-state index in [1.807, 2.05) is 38.1 Å². The van der Waals surface area contributed by atoms with Crippen LogP contribution < -0.4 is 16.1 Å². The minimum absolute atomic E-state index is 0.164. The average Bonchev–Trinajstić information content (AvgIpc) is 2.96. The van der Waals surface area contributed by atoms with E-state index < -0.39 is 17.7 Å². The molecule has 0 amide bonds. The Labute approximate surface area is 246 Å². The number of alkyl halides is 2. The predicted octanol–water partition coefficient (Wildman–Crippen LogP) is 8.13. The van der Waals surface area contributed by atoms with Crippen molar-refractivity contribution in [2.75, 3.05) is 17.7 Å². The number of anilines is 2. The van der Waals surface area contributed by atoms with Gasteiger partial charge in [0.2, 0.25) is 5.76 Å². The van der Waals surface area contributed by atoms with Crippen molar-refractivity contribution in [3.8, 4) is 11.3 Å². The van der Waals surface area contributed by atoms with Gasteiger partial charge in [-0.2, -0.15) is 8.78 Å². The molecule has 0 saturated heterocycles. The summed E-state index contributed by atoms with van der Waals surface area (Å²) < 4.78 is 40.4. The number of hydrogen-bond acceptors (Lipinski definition) is 7. The average molecular weight is 596 g/mol. The van der Waals surface area contributed by atoms with Gasteiger partial charge in [0.15, 0.2) is 5.43 Å². The van der Waals surface area contributed by atoms with E-state index in [0.29, 0.717) is 40.6 Å². The van der Waals surface area contributed by atoms with Crippen LogP contribution in [0.3, 0.4) is 0 Å². The van der Waals surface area contributed by atoms with Crippen LogP contribution in [0.1, 0.15) is 53.9 Å². The van der Waals surface area contributed by atoms with Crippen molar-refractivity contribution in [1.29, 1.82) is 5.41 Å². The van der Waals surface area contributed by atoms with Crippen LogP contribution in [-0.2, 0) is 4.94 Å². The monoisotopic (exact) mass is 595 g/mol. The molecule has 4 N–H and O–H groups in total. The number of allylic oxidation sites excluding steroid dienone is 1. The molecule has 0 aliphatic carbocycles. The highest BCUT2D eigenvalue weighted by Crippen LogP contribution is 2.32. The van der Waals surface area contributed by atoms with Gasteiger partial charge in [0.05, 0.1) is 17.0 Å². The molecule has 0 spiro atoms. The van der Waals surface area contributed by atoms with E-state index in [4.69, 9.17) is 9.83 Å². The second-order valence-electron chi connectivity index (χ2n) is 9.95. The molecule has 3 aromatic carbocycles. The van der Waals surface area contributed by atoms with Crippen molar-refractivity contribution in [2.45, 2.75) is 39.7 Å². The van der Waals surface area contributed by atoms with E-state index in [-0.39, 0.29) is 17.0 Å². The topological polar surface area (TPSA) is 125 Å². The highest BCUT2D eigenvalue weighted by atomic mass is 19.3. The van der Waals surface area contributed by atoms with E-state index in [9.17, 15) is 28.0 Å². The van der Waals surface area contributed by atoms with Crippen LogP contribution in [0.5, 0.6) is 0 Å². The maximum atomic E-state index is 13.1. The first-order valence-electron chi connectivity index (χ1n) is 13.1. The molecule has 43 heavy (non-hydrogen) atoms. The highest BCUT2D eigenvalue weighted by molar-refractivity contribution is 6.02. The summed E-state index contributed by atoms with van der Waals surface area (Å²) in [7, 11) is 1.79. The Morgan fingerprint density at radius 2 is 1.77 bits per heavy atom. The van der Waals surface area contributed by atoms with Crippen LogP contribution in [0.25, 0.3) is 22.3 Å². The number of halogens is 3. The van der Waals surface area contributed by atoms with Gasteiger partial charge in [-0.3, -0.25) is 9.74 Å². The Kier molecular flexibility index (Phi) is 10.0. The van der Waals surface area contributed by atoms with Crippen molar-refractivity contribution >= 4 is 34.0 Å². The van der Waals surface area contributed by atoms with Gasteiger partial charge in [0, 0.05) is 58.3 Å². The van der Waals surface area contributed by atoms with Gasteiger partial charge in [-0.15, -0.1) is 0 Å². The van der Waals surface area contributed by atoms with Gasteiger partial charge in [0.1, 0.15) is 11.3 Å². The van der Waals surface area contributed by atoms with Crippen LogP contribution in [0, 0.1) is 12.3 Å². The molecule has 0 fully saturated rings. The van der Waals surface area contributed by atoms with Gasteiger partial charge in [-0.1, -0.05) is 24.8 Å². The van der Waals surface area contributed by atoms with Crippen molar-refractivity contribution in [3.63, 3.8) is 0 Å². The second kappa shape index (κ2) is 13.3. The number of carbonyl (C=O) groups is 1. The maximum Gasteiger partial charge on any atom is 0.337 e. The smallest absolute Gasteiger partial charge is 0.337 e. The zero-order valence-corrected chi connectivity index (χ0v) is 24.3. The summed E-state index contributed by atoms with van der Waals surface area (Å²) in [5, 5.41) is 24.4. The molecule has 1 atom stereocenters. The van der Waals surface area contributed by atoms with Crippen molar-refractivity contribution in [2.24, 2.45) is 0 Å². The van der Waals surface area contributed by atoms with E-state index in [1.165, 1.54) is 6.07 Å². The number of benzene rings is 3. The summed E-state index contributed by atoms with van der Waals surface area (Å²) in [6.07, 6.45) is 0. The Balaban J connectivity index is 0.000000557. The van der Waals surface area contributed by atoms with Crippen molar-refractivity contribution < 1.29 is 32.6 Å². The quantitative estimate of drug-likeness (QED) is 0.114. The number of nitrogens with one attached hydrogen (secondary N) is 3. The first kappa shape index (κ1) is 32.5. The largest absolute Gasteiger partial charge is 0.478 e. The minimum atomic E-state index is -3.28. The summed E-state index contributed by atoms with van der Waals surface area (Å²) >= 11 is 0. The third kappa shape index (κ3) is 7.62. The number of hydrogen-bond donors (Lipinski definition) is 4. The number of carboxylic acids is 1. The molecule has 226 valence electrons. The third-order valence-corrected chi connectivity index (χ3v) is 6.56. The summed E-state index contributed by atoms with van der Waals surface area (Å²) in [4.78, 5) is 27.5. The molecule has 1 heterocycles. The summed E-state index contributed by atoms with van der Waals surface area (Å²) in [6, 6.07) is 17.1. The van der Waals surface area contributed by atoms with Gasteiger partial charge in [0.25, 0.3) is 0 Å². The van der Waals surface area contributed by atoms with Crippen LogP contribution in [0.15, 0.2) is 82.2 Å². The van der Waals surface area contributed by atoms with Crippen LogP contribution in [0.2, 0.25) is 0 Å². The SMILES string of the molecule is C=C(OF)C(C)(F)F.CNc1ccc(-c2cc(=O)c3cc(C)cc(C(C)Nc4ccccc4C(=O)O)c3o2)cc1C(C)=N. The van der Waals surface area contributed by atoms with Crippen LogP contribution >= 0.6 is 0 Å². The van der Waals surface area contributed by atoms with E-state index in [2.05, 4.69) is 22.2 Å². The number of aromatic carboxylic acids is 1. The number of para-hydroxylation sites is 1. The molecule has 0 radical (unpaired) electrons. The summed E-state index contributed by atoms with van der Waals surface area (Å²) in [5.74, 6) is -5.08. The number of aryl methyl sites for hydroxylation is 1. The normalized spacial score (nSPS) is 11.6. The fraction of sp³-hybridized carbons (Fsp3) is 0.219. The molecule has 1 unspecified atom stereocenters. The third-order valence-electron chi connectivity index (χ3n) is 6.56. The van der Waals surface area contributed by atoms with Gasteiger partial charge in [-0.05, 0) is 62.7 Å². The first-order chi connectivity index (χ1) is 20.2. The molecule has 1 aromatic heterocycles. The van der Waals surface area contributed by atoms with E-state index in [0.717, 1.165) is 22.4 Å². The lowest BCUT2D eigenvalue weighted by Gasteiger charge is -2.19. The standard InChI is InChI=1S/C28H27N3O4.C4H5F3O/c1-15-11-21(17(3)31-24-8-6-5-7-19(24)28(33)34)27-22(12-15)25(32)14-26(35-27)18-9-10-23(30-4)20(13-18)16(2)29;1-3(8-7)4(2,5)6/h5-14,17,29-31H,1-4H3,(H,33,34);1H2,2H3. The molecule has 0 aliphatic heterocycles. The second-order valence-corrected chi connectivity index (χ2v) is 9.95. The summed E-state index contributed by atoms with van der Waals surface area (Å²) in [5.41, 5.74) is 5.17. The zero-order valence-electron chi connectivity index (χ0n) is 24.3. The Bertz CT molecular complexity index is 1750. The predicted molar refractivity (Wildman–Crippen MR) is 162 cm³/mol. The highest BCUT2D eigenvalue weighted by Gasteiger charge is 2.28. The Morgan fingerprint density at radius 3 is 2.33 bits per heavy atom. The number of carboxylic acid groups (broad SMARTS) is 1. The lowest BCUT2D eigenvalue weighted by atomic mass is 9.99. The molecular weight excluding hydrogens is 563 g/mol. The minimum Gasteiger partial charge on any atom is -0.478 e. The zero-order chi connectivity index (χ0) is 32.1. The maximum absolute atomic E-state index is 13.1. The fourth-order valence-electron chi connectivity index (χ4n) is 4.30. The molecule has 4 rings (SSSR count). The van der Waals surface area contributed by atoms with Crippen LogP contribution in [-0.4, -0.2) is 29.8 Å². The molecular formula is C32H32F3N3O5. The van der Waals surface area contributed by atoms with Crippen LogP contribution in [0.4, 0.5) is 24.7 Å². The summed E-state index contributed by atoms with van der Waals surface area (Å²) in [6.45, 7) is 8.61. The van der Waals surface area contributed by atoms with E-state index >= 15 is 0 Å². The first-order valence-corrected chi connectivity index (χ1v) is 13.1. The molecule has 0 saturated carbocycles. The molecule has 11 heteroatoms. The number of fused-ring (bicyclic) bond motifs is 1.